The van der Waals surface area contributed by atoms with Crippen molar-refractivity contribution < 1.29 is 27.3 Å². The lowest BCUT2D eigenvalue weighted by molar-refractivity contribution is -0.940. The van der Waals surface area contributed by atoms with Crippen LogP contribution in [0, 0.1) is 0 Å². The molecule has 8 heteroatoms. The van der Waals surface area contributed by atoms with Crippen molar-refractivity contribution >= 4 is 21.5 Å². The maximum absolute atomic E-state index is 10.2. The number of hydrogen-bond donors (Lipinski definition) is 4. The van der Waals surface area contributed by atoms with Crippen molar-refractivity contribution in [3.05, 3.63) is 60.7 Å². The normalized spacial score (nSPS) is 13.5. The summed E-state index contributed by atoms with van der Waals surface area (Å²) in [7, 11) is -3.05. The van der Waals surface area contributed by atoms with Crippen LogP contribution < -0.4 is 20.4 Å². The minimum atomic E-state index is -3.05. The van der Waals surface area contributed by atoms with E-state index in [0.717, 1.165) is 29.9 Å². The molecule has 3 rings (SSSR count). The summed E-state index contributed by atoms with van der Waals surface area (Å²) in [6.07, 6.45) is 5.90. The number of hydrogen-bond acceptors (Lipinski definition) is 4. The molecular formula is C39H77N4O3S+3. The van der Waals surface area contributed by atoms with Gasteiger partial charge in [-0.2, -0.15) is 8.42 Å². The lowest BCUT2D eigenvalue weighted by Crippen LogP contribution is -3.17. The van der Waals surface area contributed by atoms with E-state index in [-0.39, 0.29) is 5.75 Å². The molecule has 0 aromatic heterocycles. The highest BCUT2D eigenvalue weighted by molar-refractivity contribution is 7.86. The van der Waals surface area contributed by atoms with Crippen molar-refractivity contribution in [2.24, 2.45) is 0 Å². The molecule has 2 aromatic rings. The topological polar surface area (TPSA) is 82.7 Å². The Balaban J connectivity index is 0. The molecule has 1 heterocycles. The zero-order valence-electron chi connectivity index (χ0n) is 32.6. The van der Waals surface area contributed by atoms with Crippen LogP contribution in [-0.4, -0.2) is 71.1 Å². The molecule has 1 aliphatic heterocycles. The third-order valence-corrected chi connectivity index (χ3v) is 9.54. The molecule has 1 aliphatic rings. The molecule has 274 valence electrons. The molecule has 1 fully saturated rings. The van der Waals surface area contributed by atoms with Crippen molar-refractivity contribution in [3.8, 4) is 0 Å². The molecule has 0 aliphatic carbocycles. The molecular weight excluding hydrogens is 605 g/mol. The quantitative estimate of drug-likeness (QED) is 0.173. The highest BCUT2D eigenvalue weighted by Crippen LogP contribution is 2.05. The van der Waals surface area contributed by atoms with Gasteiger partial charge in [0, 0.05) is 5.69 Å². The van der Waals surface area contributed by atoms with Gasteiger partial charge in [0.2, 0.25) is 0 Å². The number of nitrogens with one attached hydrogen (secondary N) is 3. The van der Waals surface area contributed by atoms with Gasteiger partial charge < -0.3 is 20.4 Å². The maximum atomic E-state index is 10.2. The van der Waals surface area contributed by atoms with Gasteiger partial charge in [0.1, 0.15) is 5.69 Å². The summed E-state index contributed by atoms with van der Waals surface area (Å²) >= 11 is 0. The molecule has 1 saturated heterocycles. The SMILES string of the molecule is CCCC[NH+](CCCC)c1ccccc1.CC[NH+](C(C)C)C(C)C.CC[NH+](C(C)C)C(C)C.Nc1ccccc1.O=S1(=O)CCCO1. The fraction of sp³-hybridized carbons (Fsp3) is 0.692. The molecule has 0 saturated carbocycles. The molecule has 0 radical (unpaired) electrons. The monoisotopic (exact) mass is 682 g/mol. The first-order valence-corrected chi connectivity index (χ1v) is 20.0. The number of anilines is 1. The zero-order chi connectivity index (χ0) is 36.3. The maximum Gasteiger partial charge on any atom is 0.267 e. The second-order valence-corrected chi connectivity index (χ2v) is 15.3. The predicted octanol–water partition coefficient (Wildman–Crippen LogP) is 5.22. The van der Waals surface area contributed by atoms with E-state index in [9.17, 15) is 8.42 Å². The summed E-state index contributed by atoms with van der Waals surface area (Å²) in [6, 6.07) is 23.5. The average molecular weight is 682 g/mol. The molecule has 2 aromatic carbocycles. The van der Waals surface area contributed by atoms with Gasteiger partial charge in [-0.1, -0.05) is 63.1 Å². The number of nitrogen functional groups attached to an aromatic ring is 1. The predicted molar refractivity (Wildman–Crippen MR) is 205 cm³/mol. The van der Waals surface area contributed by atoms with Crippen LogP contribution in [0.3, 0.4) is 0 Å². The van der Waals surface area contributed by atoms with Gasteiger partial charge in [-0.05, 0) is 113 Å². The van der Waals surface area contributed by atoms with Gasteiger partial charge in [-0.15, -0.1) is 0 Å². The average Bonchev–Trinajstić information content (AvgIpc) is 3.43. The van der Waals surface area contributed by atoms with Crippen molar-refractivity contribution in [3.63, 3.8) is 0 Å². The van der Waals surface area contributed by atoms with Crippen LogP contribution in [0.4, 0.5) is 11.4 Å². The van der Waals surface area contributed by atoms with Gasteiger partial charge in [0.05, 0.1) is 62.7 Å². The molecule has 0 bridgehead atoms. The number of unbranched alkanes of at least 4 members (excludes halogenated alkanes) is 2. The van der Waals surface area contributed by atoms with Gasteiger partial charge in [-0.25, -0.2) is 0 Å². The van der Waals surface area contributed by atoms with E-state index in [1.165, 1.54) is 57.5 Å². The first-order valence-electron chi connectivity index (χ1n) is 18.5. The van der Waals surface area contributed by atoms with E-state index >= 15 is 0 Å². The third kappa shape index (κ3) is 25.7. The van der Waals surface area contributed by atoms with Crippen molar-refractivity contribution in [2.45, 2.75) is 139 Å². The molecule has 0 unspecified atom stereocenters. The second-order valence-electron chi connectivity index (χ2n) is 13.5. The molecule has 0 spiro atoms. The van der Waals surface area contributed by atoms with Crippen LogP contribution >= 0.6 is 0 Å². The summed E-state index contributed by atoms with van der Waals surface area (Å²) < 4.78 is 24.7. The Hall–Kier alpha value is -1.97. The van der Waals surface area contributed by atoms with Crippen molar-refractivity contribution in [1.82, 2.24) is 0 Å². The van der Waals surface area contributed by atoms with E-state index in [4.69, 9.17) is 5.73 Å². The Labute approximate surface area is 292 Å². The Morgan fingerprint density at radius 3 is 1.23 bits per heavy atom. The summed E-state index contributed by atoms with van der Waals surface area (Å²) in [6.45, 7) is 32.7. The molecule has 7 nitrogen and oxygen atoms in total. The van der Waals surface area contributed by atoms with Gasteiger partial charge >= 0.3 is 0 Å². The van der Waals surface area contributed by atoms with Gasteiger partial charge in [-0.3, -0.25) is 4.18 Å². The van der Waals surface area contributed by atoms with E-state index in [0.29, 0.717) is 13.0 Å². The van der Waals surface area contributed by atoms with Crippen molar-refractivity contribution in [1.29, 1.82) is 0 Å². The van der Waals surface area contributed by atoms with Crippen LogP contribution in [0.1, 0.15) is 115 Å². The minimum Gasteiger partial charge on any atom is -0.399 e. The summed E-state index contributed by atoms with van der Waals surface area (Å²) in [4.78, 5) is 5.03. The van der Waals surface area contributed by atoms with Crippen molar-refractivity contribution in [2.75, 3.05) is 44.3 Å². The lowest BCUT2D eigenvalue weighted by Gasteiger charge is -2.25. The van der Waals surface area contributed by atoms with Gasteiger partial charge in [0.25, 0.3) is 10.1 Å². The minimum absolute atomic E-state index is 0.201. The first kappa shape index (κ1) is 47.1. The van der Waals surface area contributed by atoms with Crippen LogP contribution in [0.5, 0.6) is 0 Å². The summed E-state index contributed by atoms with van der Waals surface area (Å²) in [5.41, 5.74) is 7.64. The largest absolute Gasteiger partial charge is 0.399 e. The molecule has 0 atom stereocenters. The molecule has 0 amide bonds. The summed E-state index contributed by atoms with van der Waals surface area (Å²) in [5.74, 6) is 0.201. The van der Waals surface area contributed by atoms with Crippen LogP contribution in [0.25, 0.3) is 0 Å². The van der Waals surface area contributed by atoms with Crippen LogP contribution in [-0.2, 0) is 14.3 Å². The number of benzene rings is 2. The molecule has 5 N–H and O–H groups in total. The first-order chi connectivity index (χ1) is 22.2. The van der Waals surface area contributed by atoms with E-state index < -0.39 is 10.1 Å². The molecule has 47 heavy (non-hydrogen) atoms. The number of para-hydroxylation sites is 2. The number of nitrogens with two attached hydrogens (primary N) is 1. The second kappa shape index (κ2) is 29.0. The fourth-order valence-corrected chi connectivity index (χ4v) is 6.73. The highest BCUT2D eigenvalue weighted by Gasteiger charge is 2.17. The lowest BCUT2D eigenvalue weighted by atomic mass is 10.2. The Morgan fingerprint density at radius 2 is 1.04 bits per heavy atom. The van der Waals surface area contributed by atoms with Crippen LogP contribution in [0.15, 0.2) is 60.7 Å². The Bertz CT molecular complexity index is 992. The number of rotatable bonds is 13. The Kier molecular flexibility index (Phi) is 29.1. The summed E-state index contributed by atoms with van der Waals surface area (Å²) in [5, 5.41) is 0. The third-order valence-electron chi connectivity index (χ3n) is 8.23. The fourth-order valence-electron chi connectivity index (χ4n) is 5.77. The Morgan fingerprint density at radius 1 is 0.660 bits per heavy atom. The van der Waals surface area contributed by atoms with Crippen LogP contribution in [0.2, 0.25) is 0 Å². The number of quaternary nitrogens is 3. The van der Waals surface area contributed by atoms with E-state index in [2.05, 4.69) is 118 Å². The van der Waals surface area contributed by atoms with E-state index in [1.807, 2.05) is 30.3 Å². The van der Waals surface area contributed by atoms with E-state index in [1.54, 1.807) is 14.7 Å². The highest BCUT2D eigenvalue weighted by atomic mass is 32.2. The standard InChI is InChI=1S/C14H23N.2C8H19N.C6H7N.C3H6O3S/c1-3-5-12-15(13-6-4-2)14-10-8-7-9-11-14;2*1-6-9(7(2)3)8(4)5;7-6-4-2-1-3-5-6;4-7(5)3-1-2-6-7/h7-11H,3-6,12-13H2,1-2H3;2*7-8H,6H2,1-5H3;1-5H,7H2;1-3H2/p+3. The smallest absolute Gasteiger partial charge is 0.267 e. The zero-order valence-corrected chi connectivity index (χ0v) is 33.4. The van der Waals surface area contributed by atoms with Gasteiger partial charge in [0.15, 0.2) is 0 Å².